The number of benzene rings is 1. The molecule has 0 aliphatic carbocycles. The second-order valence-corrected chi connectivity index (χ2v) is 7.18. The van der Waals surface area contributed by atoms with Crippen LogP contribution in [0.3, 0.4) is 0 Å². The van der Waals surface area contributed by atoms with Crippen molar-refractivity contribution in [3.05, 3.63) is 35.4 Å². The van der Waals surface area contributed by atoms with Crippen molar-refractivity contribution in [1.82, 2.24) is 15.5 Å². The normalized spacial score (nSPS) is 19.8. The van der Waals surface area contributed by atoms with E-state index in [1.54, 1.807) is 0 Å². The van der Waals surface area contributed by atoms with Crippen LogP contribution in [-0.2, 0) is 13.1 Å². The average Bonchev–Trinajstić information content (AvgIpc) is 2.59. The third-order valence-corrected chi connectivity index (χ3v) is 4.85. The van der Waals surface area contributed by atoms with Gasteiger partial charge in [0.15, 0.2) is 5.96 Å². The molecule has 2 N–H and O–H groups in total. The van der Waals surface area contributed by atoms with E-state index in [1.807, 2.05) is 7.05 Å². The van der Waals surface area contributed by atoms with Crippen molar-refractivity contribution in [2.75, 3.05) is 20.1 Å². The van der Waals surface area contributed by atoms with E-state index in [-0.39, 0.29) is 24.0 Å². The topological polar surface area (TPSA) is 39.7 Å². The van der Waals surface area contributed by atoms with Crippen molar-refractivity contribution in [3.8, 4) is 0 Å². The third kappa shape index (κ3) is 7.94. The standard InChI is InChI=1S/C20H34N4.HI/c1-5-17(3)23-20(21-4)22-13-18-8-10-19(11-9-18)15-24-12-6-7-16(2)14-24;/h8-11,16-17H,5-7,12-15H2,1-4H3,(H2,21,22,23);1H. The molecular weight excluding hydrogens is 423 g/mol. The summed E-state index contributed by atoms with van der Waals surface area (Å²) < 4.78 is 0. The molecule has 142 valence electrons. The highest BCUT2D eigenvalue weighted by Gasteiger charge is 2.16. The molecule has 1 aromatic rings. The lowest BCUT2D eigenvalue weighted by atomic mass is 9.99. The van der Waals surface area contributed by atoms with Crippen molar-refractivity contribution < 1.29 is 0 Å². The number of halogens is 1. The van der Waals surface area contributed by atoms with Crippen LogP contribution in [-0.4, -0.2) is 37.0 Å². The Labute approximate surface area is 170 Å². The molecule has 0 spiro atoms. The fourth-order valence-corrected chi connectivity index (χ4v) is 3.17. The fourth-order valence-electron chi connectivity index (χ4n) is 3.17. The molecule has 0 bridgehead atoms. The minimum absolute atomic E-state index is 0. The number of nitrogens with one attached hydrogen (secondary N) is 2. The first-order valence-electron chi connectivity index (χ1n) is 9.38. The van der Waals surface area contributed by atoms with Crippen molar-refractivity contribution in [3.63, 3.8) is 0 Å². The van der Waals surface area contributed by atoms with Crippen LogP contribution < -0.4 is 10.6 Å². The summed E-state index contributed by atoms with van der Waals surface area (Å²) in [5.74, 6) is 1.71. The van der Waals surface area contributed by atoms with Gasteiger partial charge in [0.05, 0.1) is 0 Å². The summed E-state index contributed by atoms with van der Waals surface area (Å²) in [6.45, 7) is 11.1. The van der Waals surface area contributed by atoms with E-state index < -0.39 is 0 Å². The smallest absolute Gasteiger partial charge is 0.191 e. The van der Waals surface area contributed by atoms with E-state index in [9.17, 15) is 0 Å². The predicted octanol–water partition coefficient (Wildman–Crippen LogP) is 4.00. The van der Waals surface area contributed by atoms with Gasteiger partial charge in [0.2, 0.25) is 0 Å². The molecule has 1 fully saturated rings. The lowest BCUT2D eigenvalue weighted by molar-refractivity contribution is 0.176. The zero-order valence-corrected chi connectivity index (χ0v) is 18.5. The van der Waals surface area contributed by atoms with Gasteiger partial charge in [0.25, 0.3) is 0 Å². The quantitative estimate of drug-likeness (QED) is 0.385. The molecular formula is C20H35IN4. The third-order valence-electron chi connectivity index (χ3n) is 4.85. The van der Waals surface area contributed by atoms with Gasteiger partial charge >= 0.3 is 0 Å². The zero-order valence-electron chi connectivity index (χ0n) is 16.2. The van der Waals surface area contributed by atoms with Crippen LogP contribution in [0.5, 0.6) is 0 Å². The summed E-state index contributed by atoms with van der Waals surface area (Å²) in [5, 5.41) is 6.77. The van der Waals surface area contributed by atoms with Gasteiger partial charge in [-0.15, -0.1) is 24.0 Å². The number of hydrogen-bond acceptors (Lipinski definition) is 2. The minimum atomic E-state index is 0. The molecule has 5 heteroatoms. The van der Waals surface area contributed by atoms with E-state index in [1.165, 1.54) is 37.1 Å². The van der Waals surface area contributed by atoms with Crippen LogP contribution in [0.15, 0.2) is 29.3 Å². The van der Waals surface area contributed by atoms with Gasteiger partial charge in [-0.25, -0.2) is 0 Å². The molecule has 1 aliphatic rings. The molecule has 1 aliphatic heterocycles. The largest absolute Gasteiger partial charge is 0.354 e. The van der Waals surface area contributed by atoms with Crippen LogP contribution >= 0.6 is 24.0 Å². The average molecular weight is 458 g/mol. The lowest BCUT2D eigenvalue weighted by Gasteiger charge is -2.30. The number of hydrogen-bond donors (Lipinski definition) is 2. The highest BCUT2D eigenvalue weighted by molar-refractivity contribution is 14.0. The Morgan fingerprint density at radius 3 is 2.56 bits per heavy atom. The van der Waals surface area contributed by atoms with Crippen LogP contribution in [0, 0.1) is 5.92 Å². The Morgan fingerprint density at radius 2 is 1.96 bits per heavy atom. The van der Waals surface area contributed by atoms with Crippen LogP contribution in [0.25, 0.3) is 0 Å². The van der Waals surface area contributed by atoms with Crippen molar-refractivity contribution >= 4 is 29.9 Å². The van der Waals surface area contributed by atoms with E-state index in [2.05, 4.69) is 65.6 Å². The van der Waals surface area contributed by atoms with E-state index in [0.717, 1.165) is 31.4 Å². The van der Waals surface area contributed by atoms with Crippen molar-refractivity contribution in [2.45, 2.75) is 59.2 Å². The van der Waals surface area contributed by atoms with E-state index in [0.29, 0.717) is 6.04 Å². The number of guanidine groups is 1. The number of piperidine rings is 1. The molecule has 2 atom stereocenters. The lowest BCUT2D eigenvalue weighted by Crippen LogP contribution is -2.41. The predicted molar refractivity (Wildman–Crippen MR) is 119 cm³/mol. The second kappa shape index (κ2) is 11.7. The highest BCUT2D eigenvalue weighted by atomic mass is 127. The monoisotopic (exact) mass is 458 g/mol. The molecule has 0 aromatic heterocycles. The number of likely N-dealkylation sites (tertiary alicyclic amines) is 1. The molecule has 4 nitrogen and oxygen atoms in total. The van der Waals surface area contributed by atoms with Crippen molar-refractivity contribution in [1.29, 1.82) is 0 Å². The summed E-state index contributed by atoms with van der Waals surface area (Å²) in [5.41, 5.74) is 2.70. The van der Waals surface area contributed by atoms with E-state index >= 15 is 0 Å². The van der Waals surface area contributed by atoms with Gasteiger partial charge in [0.1, 0.15) is 0 Å². The second-order valence-electron chi connectivity index (χ2n) is 7.18. The number of aliphatic imine (C=N–C) groups is 1. The molecule has 2 unspecified atom stereocenters. The summed E-state index contributed by atoms with van der Waals surface area (Å²) in [6, 6.07) is 9.42. The summed E-state index contributed by atoms with van der Waals surface area (Å²) in [4.78, 5) is 6.86. The summed E-state index contributed by atoms with van der Waals surface area (Å²) in [6.07, 6.45) is 3.81. The van der Waals surface area contributed by atoms with Gasteiger partial charge in [-0.2, -0.15) is 0 Å². The van der Waals surface area contributed by atoms with Crippen LogP contribution in [0.4, 0.5) is 0 Å². The Kier molecular flexibility index (Phi) is 10.4. The molecule has 25 heavy (non-hydrogen) atoms. The molecule has 1 heterocycles. The summed E-state index contributed by atoms with van der Waals surface area (Å²) >= 11 is 0. The maximum absolute atomic E-state index is 4.28. The molecule has 0 amide bonds. The van der Waals surface area contributed by atoms with Gasteiger partial charge in [-0.05, 0) is 49.8 Å². The van der Waals surface area contributed by atoms with Crippen LogP contribution in [0.2, 0.25) is 0 Å². The molecule has 0 saturated carbocycles. The molecule has 1 aromatic carbocycles. The Balaban J connectivity index is 0.00000312. The first-order chi connectivity index (χ1) is 11.6. The summed E-state index contributed by atoms with van der Waals surface area (Å²) in [7, 11) is 1.82. The van der Waals surface area contributed by atoms with Crippen LogP contribution in [0.1, 0.15) is 51.2 Å². The zero-order chi connectivity index (χ0) is 17.4. The Morgan fingerprint density at radius 1 is 1.28 bits per heavy atom. The first kappa shape index (κ1) is 22.2. The highest BCUT2D eigenvalue weighted by Crippen LogP contribution is 2.18. The molecule has 1 saturated heterocycles. The van der Waals surface area contributed by atoms with Gasteiger partial charge in [-0.3, -0.25) is 9.89 Å². The Bertz CT molecular complexity index is 515. The Hall–Kier alpha value is -0.820. The molecule has 0 radical (unpaired) electrons. The van der Waals surface area contributed by atoms with Crippen molar-refractivity contribution in [2.24, 2.45) is 10.9 Å². The van der Waals surface area contributed by atoms with Gasteiger partial charge in [0, 0.05) is 32.7 Å². The first-order valence-corrected chi connectivity index (χ1v) is 9.38. The molecule has 2 rings (SSSR count). The van der Waals surface area contributed by atoms with Gasteiger partial charge < -0.3 is 10.6 Å². The maximum atomic E-state index is 4.28. The fraction of sp³-hybridized carbons (Fsp3) is 0.650. The SMILES string of the molecule is CCC(C)NC(=NC)NCc1ccc(CN2CCCC(C)C2)cc1.I. The van der Waals surface area contributed by atoms with Gasteiger partial charge in [-0.1, -0.05) is 38.1 Å². The number of nitrogens with zero attached hydrogens (tertiary/aromatic N) is 2. The number of rotatable bonds is 6. The maximum Gasteiger partial charge on any atom is 0.191 e. The minimum Gasteiger partial charge on any atom is -0.354 e. The van der Waals surface area contributed by atoms with E-state index in [4.69, 9.17) is 0 Å².